The minimum Gasteiger partial charge on any atom is -0.330 e. The molecule has 0 radical (unpaired) electrons. The van der Waals surface area contributed by atoms with Crippen LogP contribution in [-0.4, -0.2) is 11.5 Å². The van der Waals surface area contributed by atoms with E-state index < -0.39 is 0 Å². The van der Waals surface area contributed by atoms with Gasteiger partial charge < -0.3 is 5.73 Å². The third kappa shape index (κ3) is 1.89. The van der Waals surface area contributed by atoms with Crippen LogP contribution in [0.25, 0.3) is 0 Å². The lowest BCUT2D eigenvalue weighted by atomic mass is 10.1. The van der Waals surface area contributed by atoms with Crippen LogP contribution in [0.2, 0.25) is 0 Å². The first kappa shape index (κ1) is 8.70. The molecule has 0 aliphatic heterocycles. The number of hydrogen-bond acceptors (Lipinski definition) is 2. The summed E-state index contributed by atoms with van der Waals surface area (Å²) in [4.78, 5) is 4.43. The first-order valence-corrected chi connectivity index (χ1v) is 5.07. The van der Waals surface area contributed by atoms with Gasteiger partial charge in [-0.2, -0.15) is 0 Å². The molecular weight excluding hydrogens is 160 g/mol. The number of fused-ring (bicyclic) bond motifs is 1. The minimum absolute atomic E-state index is 0.763. The highest BCUT2D eigenvalue weighted by atomic mass is 14.7. The van der Waals surface area contributed by atoms with E-state index in [1.807, 2.05) is 6.20 Å². The van der Waals surface area contributed by atoms with E-state index in [9.17, 15) is 0 Å². The van der Waals surface area contributed by atoms with Crippen LogP contribution in [0.15, 0.2) is 12.3 Å². The standard InChI is InChI=1S/C11H16N2/c12-6-2-5-11-7-9-3-1-4-10(9)8-13-11/h7-8H,1-6,12H2. The van der Waals surface area contributed by atoms with E-state index >= 15 is 0 Å². The van der Waals surface area contributed by atoms with Crippen molar-refractivity contribution in [2.24, 2.45) is 5.73 Å². The fourth-order valence-electron chi connectivity index (χ4n) is 1.92. The second-order valence-electron chi connectivity index (χ2n) is 3.69. The van der Waals surface area contributed by atoms with Gasteiger partial charge in [0.05, 0.1) is 0 Å². The average Bonchev–Trinajstić information content (AvgIpc) is 2.61. The number of nitrogens with two attached hydrogens (primary N) is 1. The maximum atomic E-state index is 5.46. The topological polar surface area (TPSA) is 38.9 Å². The molecule has 1 aliphatic carbocycles. The van der Waals surface area contributed by atoms with E-state index in [4.69, 9.17) is 5.73 Å². The predicted octanol–water partition coefficient (Wildman–Crippen LogP) is 1.46. The Morgan fingerprint density at radius 3 is 3.00 bits per heavy atom. The molecule has 1 aromatic heterocycles. The average molecular weight is 176 g/mol. The number of pyridine rings is 1. The molecule has 0 unspecified atom stereocenters. The van der Waals surface area contributed by atoms with E-state index in [2.05, 4.69) is 11.1 Å². The van der Waals surface area contributed by atoms with Crippen LogP contribution in [-0.2, 0) is 19.3 Å². The van der Waals surface area contributed by atoms with Gasteiger partial charge in [-0.3, -0.25) is 4.98 Å². The number of aryl methyl sites for hydroxylation is 3. The van der Waals surface area contributed by atoms with Crippen molar-refractivity contribution in [1.29, 1.82) is 0 Å². The molecule has 70 valence electrons. The van der Waals surface area contributed by atoms with Gasteiger partial charge in [0.15, 0.2) is 0 Å². The highest BCUT2D eigenvalue weighted by Gasteiger charge is 2.11. The van der Waals surface area contributed by atoms with Crippen LogP contribution >= 0.6 is 0 Å². The van der Waals surface area contributed by atoms with E-state index in [0.29, 0.717) is 0 Å². The monoisotopic (exact) mass is 176 g/mol. The molecule has 2 heteroatoms. The summed E-state index contributed by atoms with van der Waals surface area (Å²) in [6, 6.07) is 2.26. The van der Waals surface area contributed by atoms with Crippen molar-refractivity contribution in [3.63, 3.8) is 0 Å². The Bertz CT molecular complexity index is 294. The van der Waals surface area contributed by atoms with Crippen molar-refractivity contribution >= 4 is 0 Å². The fourth-order valence-corrected chi connectivity index (χ4v) is 1.92. The van der Waals surface area contributed by atoms with Gasteiger partial charge in [0, 0.05) is 11.9 Å². The molecule has 0 spiro atoms. The van der Waals surface area contributed by atoms with E-state index in [0.717, 1.165) is 19.4 Å². The Morgan fingerprint density at radius 2 is 2.15 bits per heavy atom. The highest BCUT2D eigenvalue weighted by molar-refractivity contribution is 5.30. The second-order valence-corrected chi connectivity index (χ2v) is 3.69. The Kier molecular flexibility index (Phi) is 2.60. The zero-order valence-electron chi connectivity index (χ0n) is 7.92. The largest absolute Gasteiger partial charge is 0.330 e. The highest BCUT2D eigenvalue weighted by Crippen LogP contribution is 2.21. The Morgan fingerprint density at radius 1 is 1.31 bits per heavy atom. The van der Waals surface area contributed by atoms with Gasteiger partial charge in [0.2, 0.25) is 0 Å². The first-order valence-electron chi connectivity index (χ1n) is 5.07. The summed E-state index contributed by atoms with van der Waals surface area (Å²) in [5.74, 6) is 0. The maximum absolute atomic E-state index is 5.46. The van der Waals surface area contributed by atoms with Gasteiger partial charge in [0.25, 0.3) is 0 Å². The van der Waals surface area contributed by atoms with Crippen molar-refractivity contribution in [3.05, 3.63) is 29.1 Å². The first-order chi connectivity index (χ1) is 6.40. The normalized spacial score (nSPS) is 14.5. The van der Waals surface area contributed by atoms with Crippen LogP contribution in [0.4, 0.5) is 0 Å². The lowest BCUT2D eigenvalue weighted by Crippen LogP contribution is -2.02. The lowest BCUT2D eigenvalue weighted by Gasteiger charge is -2.02. The molecule has 2 nitrogen and oxygen atoms in total. The maximum Gasteiger partial charge on any atom is 0.0407 e. The molecule has 0 saturated heterocycles. The van der Waals surface area contributed by atoms with E-state index in [1.54, 1.807) is 0 Å². The second kappa shape index (κ2) is 3.88. The molecule has 0 atom stereocenters. The number of nitrogens with zero attached hydrogens (tertiary/aromatic N) is 1. The van der Waals surface area contributed by atoms with Gasteiger partial charge in [0.1, 0.15) is 0 Å². The van der Waals surface area contributed by atoms with Crippen molar-refractivity contribution < 1.29 is 0 Å². The molecule has 0 aromatic carbocycles. The van der Waals surface area contributed by atoms with Gasteiger partial charge in [-0.25, -0.2) is 0 Å². The molecule has 1 aromatic rings. The molecule has 1 heterocycles. The van der Waals surface area contributed by atoms with Gasteiger partial charge in [-0.1, -0.05) is 0 Å². The minimum atomic E-state index is 0.763. The number of rotatable bonds is 3. The Balaban J connectivity index is 2.12. The zero-order chi connectivity index (χ0) is 9.10. The Labute approximate surface area is 79.2 Å². The summed E-state index contributed by atoms with van der Waals surface area (Å²) in [5, 5.41) is 0. The van der Waals surface area contributed by atoms with Crippen LogP contribution in [0.3, 0.4) is 0 Å². The fraction of sp³-hybridized carbons (Fsp3) is 0.545. The van der Waals surface area contributed by atoms with E-state index in [-0.39, 0.29) is 0 Å². The summed E-state index contributed by atoms with van der Waals surface area (Å²) in [6.45, 7) is 0.763. The summed E-state index contributed by atoms with van der Waals surface area (Å²) >= 11 is 0. The van der Waals surface area contributed by atoms with Crippen LogP contribution < -0.4 is 5.73 Å². The molecule has 0 bridgehead atoms. The number of hydrogen-bond donors (Lipinski definition) is 1. The van der Waals surface area contributed by atoms with Crippen molar-refractivity contribution in [2.75, 3.05) is 6.54 Å². The molecule has 13 heavy (non-hydrogen) atoms. The molecule has 0 saturated carbocycles. The van der Waals surface area contributed by atoms with Crippen molar-refractivity contribution in [2.45, 2.75) is 32.1 Å². The van der Waals surface area contributed by atoms with Crippen LogP contribution in [0.5, 0.6) is 0 Å². The summed E-state index contributed by atoms with van der Waals surface area (Å²) < 4.78 is 0. The third-order valence-electron chi connectivity index (χ3n) is 2.67. The molecular formula is C11H16N2. The number of aromatic nitrogens is 1. The zero-order valence-corrected chi connectivity index (χ0v) is 7.92. The summed E-state index contributed by atoms with van der Waals surface area (Å²) in [6.07, 6.45) is 7.90. The van der Waals surface area contributed by atoms with Crippen LogP contribution in [0, 0.1) is 0 Å². The quantitative estimate of drug-likeness (QED) is 0.757. The van der Waals surface area contributed by atoms with Crippen molar-refractivity contribution in [3.8, 4) is 0 Å². The lowest BCUT2D eigenvalue weighted by molar-refractivity contribution is 0.808. The van der Waals surface area contributed by atoms with Crippen molar-refractivity contribution in [1.82, 2.24) is 4.98 Å². The molecule has 0 fully saturated rings. The molecule has 2 rings (SSSR count). The Hall–Kier alpha value is -0.890. The molecule has 1 aliphatic rings. The third-order valence-corrected chi connectivity index (χ3v) is 2.67. The smallest absolute Gasteiger partial charge is 0.0407 e. The SMILES string of the molecule is NCCCc1cc2c(cn1)CCC2. The van der Waals surface area contributed by atoms with Gasteiger partial charge in [-0.15, -0.1) is 0 Å². The van der Waals surface area contributed by atoms with Crippen LogP contribution in [0.1, 0.15) is 29.7 Å². The van der Waals surface area contributed by atoms with Gasteiger partial charge in [-0.05, 0) is 55.8 Å². The summed E-state index contributed by atoms with van der Waals surface area (Å²) in [5.41, 5.74) is 9.65. The predicted molar refractivity (Wildman–Crippen MR) is 53.6 cm³/mol. The molecule has 0 amide bonds. The molecule has 2 N–H and O–H groups in total. The summed E-state index contributed by atoms with van der Waals surface area (Å²) in [7, 11) is 0. The van der Waals surface area contributed by atoms with E-state index in [1.165, 1.54) is 36.1 Å². The van der Waals surface area contributed by atoms with Gasteiger partial charge >= 0.3 is 0 Å².